The highest BCUT2D eigenvalue weighted by molar-refractivity contribution is 7.89. The molecular weight excluding hydrogens is 342 g/mol. The van der Waals surface area contributed by atoms with Gasteiger partial charge in [0.1, 0.15) is 10.6 Å². The molecular formula is C16H17N5O3S. The molecule has 3 rings (SSSR count). The number of pyridine rings is 2. The number of hydrogen-bond acceptors (Lipinski definition) is 6. The number of sulfonamides is 1. The molecule has 0 unspecified atom stereocenters. The van der Waals surface area contributed by atoms with E-state index in [4.69, 9.17) is 4.74 Å². The number of hydrogen-bond donors (Lipinski definition) is 1. The van der Waals surface area contributed by atoms with Crippen LogP contribution in [-0.4, -0.2) is 35.3 Å². The highest BCUT2D eigenvalue weighted by atomic mass is 32.2. The van der Waals surface area contributed by atoms with Gasteiger partial charge in [0.25, 0.3) is 0 Å². The van der Waals surface area contributed by atoms with Crippen molar-refractivity contribution in [2.45, 2.75) is 11.4 Å². The van der Waals surface area contributed by atoms with Crippen LogP contribution in [0.5, 0.6) is 5.75 Å². The number of nitrogens with one attached hydrogen (secondary N) is 1. The molecule has 9 heteroatoms. The first-order chi connectivity index (χ1) is 12.0. The van der Waals surface area contributed by atoms with E-state index in [1.54, 1.807) is 32.5 Å². The Labute approximate surface area is 145 Å². The first-order valence-electron chi connectivity index (χ1n) is 7.42. The molecule has 0 saturated heterocycles. The maximum atomic E-state index is 12.3. The number of methoxy groups -OCH3 is 1. The fourth-order valence-electron chi connectivity index (χ4n) is 2.20. The lowest BCUT2D eigenvalue weighted by molar-refractivity contribution is 0.413. The lowest BCUT2D eigenvalue weighted by Crippen LogP contribution is -2.23. The molecule has 0 aromatic carbocycles. The van der Waals surface area contributed by atoms with E-state index >= 15 is 0 Å². The Bertz CT molecular complexity index is 970. The highest BCUT2D eigenvalue weighted by Crippen LogP contribution is 2.21. The van der Waals surface area contributed by atoms with Crippen LogP contribution in [0.1, 0.15) is 5.69 Å². The van der Waals surface area contributed by atoms with Gasteiger partial charge < -0.3 is 4.74 Å². The topological polar surface area (TPSA) is 99.0 Å². The molecule has 3 aromatic heterocycles. The molecule has 0 saturated carbocycles. The fraction of sp³-hybridized carbons (Fsp3) is 0.188. The van der Waals surface area contributed by atoms with Crippen molar-refractivity contribution in [3.8, 4) is 17.1 Å². The molecule has 3 heterocycles. The van der Waals surface area contributed by atoms with E-state index in [-0.39, 0.29) is 11.4 Å². The van der Waals surface area contributed by atoms with Crippen molar-refractivity contribution in [3.05, 3.63) is 54.6 Å². The van der Waals surface area contributed by atoms with Crippen molar-refractivity contribution < 1.29 is 13.2 Å². The van der Waals surface area contributed by atoms with Crippen LogP contribution < -0.4 is 9.46 Å². The van der Waals surface area contributed by atoms with Gasteiger partial charge in [0.2, 0.25) is 10.0 Å². The maximum Gasteiger partial charge on any atom is 0.244 e. The van der Waals surface area contributed by atoms with E-state index in [2.05, 4.69) is 19.8 Å². The Hall–Kier alpha value is -2.78. The molecule has 0 spiro atoms. The van der Waals surface area contributed by atoms with Crippen LogP contribution in [-0.2, 0) is 23.6 Å². The average molecular weight is 359 g/mol. The minimum absolute atomic E-state index is 0.0221. The third-order valence-corrected chi connectivity index (χ3v) is 4.81. The number of aromatic nitrogens is 4. The largest absolute Gasteiger partial charge is 0.497 e. The van der Waals surface area contributed by atoms with Crippen molar-refractivity contribution in [2.75, 3.05) is 7.11 Å². The van der Waals surface area contributed by atoms with Crippen molar-refractivity contribution >= 4 is 10.0 Å². The zero-order chi connectivity index (χ0) is 17.9. The highest BCUT2D eigenvalue weighted by Gasteiger charge is 2.16. The molecule has 0 amide bonds. The summed E-state index contributed by atoms with van der Waals surface area (Å²) < 4.78 is 33.8. The van der Waals surface area contributed by atoms with Gasteiger partial charge in [-0.2, -0.15) is 5.10 Å². The molecule has 3 aromatic rings. The zero-order valence-corrected chi connectivity index (χ0v) is 14.6. The van der Waals surface area contributed by atoms with Crippen LogP contribution in [0, 0.1) is 0 Å². The molecule has 0 aliphatic rings. The van der Waals surface area contributed by atoms with E-state index in [0.29, 0.717) is 22.8 Å². The normalized spacial score (nSPS) is 11.4. The van der Waals surface area contributed by atoms with Crippen LogP contribution in [0.25, 0.3) is 11.4 Å². The minimum Gasteiger partial charge on any atom is -0.497 e. The van der Waals surface area contributed by atoms with Gasteiger partial charge in [-0.15, -0.1) is 0 Å². The van der Waals surface area contributed by atoms with Gasteiger partial charge in [-0.25, -0.2) is 18.1 Å². The standard InChI is InChI=1S/C16H17N5O3S/c1-21-11-14(10-18-21)25(22,23)19-9-12-7-13(24-2)8-16(20-12)15-5-3-4-6-17-15/h3-8,10-11,19H,9H2,1-2H3. The van der Waals surface area contributed by atoms with Gasteiger partial charge in [0.15, 0.2) is 0 Å². The fourth-order valence-corrected chi connectivity index (χ4v) is 3.19. The molecule has 0 fully saturated rings. The van der Waals surface area contributed by atoms with E-state index in [0.717, 1.165) is 0 Å². The number of ether oxygens (including phenoxy) is 1. The third kappa shape index (κ3) is 4.01. The Morgan fingerprint density at radius 3 is 2.72 bits per heavy atom. The smallest absolute Gasteiger partial charge is 0.244 e. The van der Waals surface area contributed by atoms with Crippen molar-refractivity contribution in [3.63, 3.8) is 0 Å². The maximum absolute atomic E-state index is 12.3. The molecule has 0 aliphatic carbocycles. The van der Waals surface area contributed by atoms with Crippen LogP contribution >= 0.6 is 0 Å². The van der Waals surface area contributed by atoms with Gasteiger partial charge >= 0.3 is 0 Å². The van der Waals surface area contributed by atoms with Gasteiger partial charge in [-0.1, -0.05) is 6.07 Å². The van der Waals surface area contributed by atoms with Crippen LogP contribution in [0.2, 0.25) is 0 Å². The summed E-state index contributed by atoms with van der Waals surface area (Å²) in [4.78, 5) is 8.82. The van der Waals surface area contributed by atoms with Crippen LogP contribution in [0.15, 0.2) is 53.8 Å². The summed E-state index contributed by atoms with van der Waals surface area (Å²) in [6.07, 6.45) is 4.39. The molecule has 0 aliphatic heterocycles. The van der Waals surface area contributed by atoms with E-state index in [1.165, 1.54) is 17.1 Å². The number of nitrogens with zero attached hydrogens (tertiary/aromatic N) is 4. The summed E-state index contributed by atoms with van der Waals surface area (Å²) in [5, 5.41) is 3.87. The third-order valence-electron chi connectivity index (χ3n) is 3.45. The summed E-state index contributed by atoms with van der Waals surface area (Å²) in [7, 11) is -0.467. The van der Waals surface area contributed by atoms with E-state index in [1.807, 2.05) is 18.2 Å². The van der Waals surface area contributed by atoms with Crippen LogP contribution in [0.3, 0.4) is 0 Å². The zero-order valence-electron chi connectivity index (χ0n) is 13.7. The summed E-state index contributed by atoms with van der Waals surface area (Å²) >= 11 is 0. The molecule has 1 N–H and O–H groups in total. The average Bonchev–Trinajstić information content (AvgIpc) is 3.08. The second-order valence-electron chi connectivity index (χ2n) is 5.27. The molecule has 8 nitrogen and oxygen atoms in total. The lowest BCUT2D eigenvalue weighted by atomic mass is 10.2. The Balaban J connectivity index is 1.85. The molecule has 0 bridgehead atoms. The van der Waals surface area contributed by atoms with E-state index in [9.17, 15) is 8.42 Å². The van der Waals surface area contributed by atoms with Gasteiger partial charge in [0, 0.05) is 31.6 Å². The summed E-state index contributed by atoms with van der Waals surface area (Å²) in [5.74, 6) is 0.575. The predicted octanol–water partition coefficient (Wildman–Crippen LogP) is 1.36. The second-order valence-corrected chi connectivity index (χ2v) is 7.04. The monoisotopic (exact) mass is 359 g/mol. The van der Waals surface area contributed by atoms with Crippen LogP contribution in [0.4, 0.5) is 0 Å². The Kier molecular flexibility index (Phi) is 4.77. The molecule has 130 valence electrons. The second kappa shape index (κ2) is 6.99. The Morgan fingerprint density at radius 2 is 2.08 bits per heavy atom. The van der Waals surface area contributed by atoms with Gasteiger partial charge in [0.05, 0.1) is 36.9 Å². The van der Waals surface area contributed by atoms with Crippen molar-refractivity contribution in [1.82, 2.24) is 24.5 Å². The quantitative estimate of drug-likeness (QED) is 0.713. The van der Waals surface area contributed by atoms with Crippen molar-refractivity contribution in [2.24, 2.45) is 7.05 Å². The van der Waals surface area contributed by atoms with E-state index < -0.39 is 10.0 Å². The number of rotatable bonds is 6. The summed E-state index contributed by atoms with van der Waals surface area (Å²) in [6, 6.07) is 8.92. The molecule has 25 heavy (non-hydrogen) atoms. The molecule has 0 atom stereocenters. The summed E-state index contributed by atoms with van der Waals surface area (Å²) in [6.45, 7) is 0.0221. The summed E-state index contributed by atoms with van der Waals surface area (Å²) in [5.41, 5.74) is 1.81. The first-order valence-corrected chi connectivity index (χ1v) is 8.91. The minimum atomic E-state index is -3.66. The predicted molar refractivity (Wildman–Crippen MR) is 91.3 cm³/mol. The first kappa shape index (κ1) is 17.1. The van der Waals surface area contributed by atoms with Gasteiger partial charge in [-0.3, -0.25) is 9.67 Å². The SMILES string of the molecule is COc1cc(CNS(=O)(=O)c2cnn(C)c2)nc(-c2ccccn2)c1. The number of aryl methyl sites for hydroxylation is 1. The van der Waals surface area contributed by atoms with Gasteiger partial charge in [-0.05, 0) is 12.1 Å². The lowest BCUT2D eigenvalue weighted by Gasteiger charge is -2.09. The molecule has 0 radical (unpaired) electrons. The Morgan fingerprint density at radius 1 is 1.24 bits per heavy atom. The van der Waals surface area contributed by atoms with Crippen molar-refractivity contribution in [1.29, 1.82) is 0 Å².